The first kappa shape index (κ1) is 30.9. The van der Waals surface area contributed by atoms with Crippen LogP contribution in [0.2, 0.25) is 0 Å². The topological polar surface area (TPSA) is 187 Å². The predicted molar refractivity (Wildman–Crippen MR) is 131 cm³/mol. The molecular formula is C23H41N5O9. The summed E-state index contributed by atoms with van der Waals surface area (Å²) < 4.78 is 5.60. The van der Waals surface area contributed by atoms with E-state index in [9.17, 15) is 39.6 Å². The van der Waals surface area contributed by atoms with Crippen LogP contribution in [0.1, 0.15) is 26.7 Å². The Hall–Kier alpha value is -2.36. The van der Waals surface area contributed by atoms with Gasteiger partial charge in [-0.3, -0.25) is 44.1 Å². The largest absolute Gasteiger partial charge is 0.480 e. The normalized spacial score (nSPS) is 24.2. The molecule has 2 heterocycles. The quantitative estimate of drug-likeness (QED) is 0.171. The fourth-order valence-corrected chi connectivity index (χ4v) is 4.53. The number of carboxylic acid groups (broad SMARTS) is 4. The van der Waals surface area contributed by atoms with E-state index in [-0.39, 0.29) is 90.4 Å². The number of nitrogens with one attached hydrogen (secondary N) is 1. The summed E-state index contributed by atoms with van der Waals surface area (Å²) in [5.41, 5.74) is 0. The second-order valence-corrected chi connectivity index (χ2v) is 9.89. The van der Waals surface area contributed by atoms with Gasteiger partial charge in [0.25, 0.3) is 0 Å². The minimum atomic E-state index is -1.03. The third-order valence-electron chi connectivity index (χ3n) is 6.48. The molecule has 0 amide bonds. The van der Waals surface area contributed by atoms with Crippen LogP contribution >= 0.6 is 0 Å². The fraction of sp³-hybridized carbons (Fsp3) is 0.826. The Kier molecular flexibility index (Phi) is 12.6. The smallest absolute Gasteiger partial charge is 0.320 e. The first-order valence-corrected chi connectivity index (χ1v) is 12.7. The van der Waals surface area contributed by atoms with Crippen LogP contribution in [0.15, 0.2) is 0 Å². The third-order valence-corrected chi connectivity index (χ3v) is 6.48. The highest BCUT2D eigenvalue weighted by atomic mass is 16.6. The molecule has 0 aromatic heterocycles. The summed E-state index contributed by atoms with van der Waals surface area (Å²) in [7, 11) is 0. The van der Waals surface area contributed by atoms with Crippen molar-refractivity contribution in [3.63, 3.8) is 0 Å². The Balaban J connectivity index is 2.15. The molecule has 0 aromatic carbocycles. The molecule has 2 fully saturated rings. The van der Waals surface area contributed by atoms with Crippen LogP contribution in [0.5, 0.6) is 0 Å². The molecule has 0 bridgehead atoms. The summed E-state index contributed by atoms with van der Waals surface area (Å²) in [4.78, 5) is 53.2. The summed E-state index contributed by atoms with van der Waals surface area (Å²) in [6.07, 6.45) is 0.718. The zero-order chi connectivity index (χ0) is 27.5. The molecule has 3 atom stereocenters. The molecule has 37 heavy (non-hydrogen) atoms. The van der Waals surface area contributed by atoms with Crippen molar-refractivity contribution < 1.29 is 44.3 Å². The SMILES string of the molecule is CC(C)NC1OC1CCC(C(=O)O)N1CCN(CC(=O)O)CCN(CC(=O)O)CCN(CC(=O)O)CC1. The van der Waals surface area contributed by atoms with E-state index in [0.717, 1.165) is 0 Å². The molecule has 0 spiro atoms. The summed E-state index contributed by atoms with van der Waals surface area (Å²) >= 11 is 0. The van der Waals surface area contributed by atoms with E-state index in [4.69, 9.17) is 4.74 Å². The average Bonchev–Trinajstić information content (AvgIpc) is 3.50. The van der Waals surface area contributed by atoms with E-state index in [2.05, 4.69) is 5.32 Å². The maximum Gasteiger partial charge on any atom is 0.320 e. The van der Waals surface area contributed by atoms with Gasteiger partial charge in [0.2, 0.25) is 0 Å². The maximum absolute atomic E-state index is 12.3. The van der Waals surface area contributed by atoms with Crippen molar-refractivity contribution in [1.82, 2.24) is 24.9 Å². The van der Waals surface area contributed by atoms with Crippen LogP contribution in [0.4, 0.5) is 0 Å². The van der Waals surface area contributed by atoms with E-state index in [0.29, 0.717) is 12.8 Å². The zero-order valence-corrected chi connectivity index (χ0v) is 21.6. The van der Waals surface area contributed by atoms with Crippen LogP contribution in [0.25, 0.3) is 0 Å². The Bertz CT molecular complexity index is 752. The monoisotopic (exact) mass is 531 g/mol. The molecule has 2 aliphatic rings. The standard InChI is InChI=1S/C23H41N5O9/c1-16(2)24-22-18(37-22)4-3-17(23(35)36)28-11-9-26(14-20(31)32)7-5-25(13-19(29)30)6-8-27(10-12-28)15-21(33)34/h16-18,22,24H,3-15H2,1-2H3,(H,29,30)(H,31,32)(H,33,34)(H,35,36). The van der Waals surface area contributed by atoms with Crippen LogP contribution < -0.4 is 5.32 Å². The Morgan fingerprint density at radius 1 is 0.757 bits per heavy atom. The molecule has 2 saturated heterocycles. The zero-order valence-electron chi connectivity index (χ0n) is 21.6. The lowest BCUT2D eigenvalue weighted by Crippen LogP contribution is -2.51. The molecule has 0 saturated carbocycles. The van der Waals surface area contributed by atoms with Crippen molar-refractivity contribution >= 4 is 23.9 Å². The predicted octanol–water partition coefficient (Wildman–Crippen LogP) is -1.58. The van der Waals surface area contributed by atoms with Gasteiger partial charge < -0.3 is 25.2 Å². The first-order chi connectivity index (χ1) is 17.4. The van der Waals surface area contributed by atoms with E-state index < -0.39 is 29.9 Å². The van der Waals surface area contributed by atoms with Crippen LogP contribution in [-0.4, -0.2) is 160 Å². The minimum Gasteiger partial charge on any atom is -0.480 e. The lowest BCUT2D eigenvalue weighted by molar-refractivity contribution is -0.145. The number of hydrogen-bond donors (Lipinski definition) is 5. The second-order valence-electron chi connectivity index (χ2n) is 9.89. The number of rotatable bonds is 13. The molecule has 14 nitrogen and oxygen atoms in total. The van der Waals surface area contributed by atoms with E-state index >= 15 is 0 Å². The lowest BCUT2D eigenvalue weighted by Gasteiger charge is -2.35. The van der Waals surface area contributed by atoms with Gasteiger partial charge in [-0.1, -0.05) is 0 Å². The average molecular weight is 532 g/mol. The number of carboxylic acids is 4. The summed E-state index contributed by atoms with van der Waals surface area (Å²) in [5.74, 6) is -4.08. The van der Waals surface area contributed by atoms with E-state index in [1.54, 1.807) is 19.6 Å². The van der Waals surface area contributed by atoms with Gasteiger partial charge in [0, 0.05) is 58.4 Å². The number of carbonyl (C=O) groups is 4. The van der Waals surface area contributed by atoms with Gasteiger partial charge in [0.1, 0.15) is 12.3 Å². The van der Waals surface area contributed by atoms with Gasteiger partial charge >= 0.3 is 23.9 Å². The van der Waals surface area contributed by atoms with Gasteiger partial charge in [0.05, 0.1) is 25.7 Å². The van der Waals surface area contributed by atoms with Gasteiger partial charge in [-0.05, 0) is 26.7 Å². The summed E-state index contributed by atoms with van der Waals surface area (Å²) in [6, 6.07) is -0.596. The Labute approximate surface area is 216 Å². The number of nitrogens with zero attached hydrogens (tertiary/aromatic N) is 4. The Morgan fingerprint density at radius 2 is 1.16 bits per heavy atom. The Morgan fingerprint density at radius 3 is 1.51 bits per heavy atom. The third kappa shape index (κ3) is 12.2. The van der Waals surface area contributed by atoms with Crippen molar-refractivity contribution in [2.75, 3.05) is 72.0 Å². The summed E-state index contributed by atoms with van der Waals surface area (Å²) in [6.45, 7) is 5.46. The minimum absolute atomic E-state index is 0.0658. The van der Waals surface area contributed by atoms with E-state index in [1.165, 1.54) is 0 Å². The highest BCUT2D eigenvalue weighted by Gasteiger charge is 2.40. The molecule has 0 aliphatic carbocycles. The lowest BCUT2D eigenvalue weighted by atomic mass is 10.1. The van der Waals surface area contributed by atoms with Crippen LogP contribution in [0.3, 0.4) is 0 Å². The van der Waals surface area contributed by atoms with E-state index in [1.807, 2.05) is 13.8 Å². The molecule has 14 heteroatoms. The maximum atomic E-state index is 12.3. The number of aliphatic carboxylic acids is 4. The van der Waals surface area contributed by atoms with Crippen LogP contribution in [0, 0.1) is 0 Å². The van der Waals surface area contributed by atoms with Crippen molar-refractivity contribution in [2.45, 2.75) is 51.1 Å². The van der Waals surface area contributed by atoms with Gasteiger partial charge in [-0.2, -0.15) is 0 Å². The summed E-state index contributed by atoms with van der Waals surface area (Å²) in [5, 5.41) is 41.2. The van der Waals surface area contributed by atoms with Crippen LogP contribution in [-0.2, 0) is 23.9 Å². The highest BCUT2D eigenvalue weighted by Crippen LogP contribution is 2.26. The fourth-order valence-electron chi connectivity index (χ4n) is 4.53. The second kappa shape index (κ2) is 15.1. The molecule has 0 aromatic rings. The molecule has 212 valence electrons. The van der Waals surface area contributed by atoms with Crippen molar-refractivity contribution in [3.8, 4) is 0 Å². The van der Waals surface area contributed by atoms with Gasteiger partial charge in [0.15, 0.2) is 0 Å². The number of epoxide rings is 1. The van der Waals surface area contributed by atoms with Gasteiger partial charge in [-0.25, -0.2) is 0 Å². The molecule has 2 rings (SSSR count). The molecule has 0 radical (unpaired) electrons. The van der Waals surface area contributed by atoms with Crippen molar-refractivity contribution in [1.29, 1.82) is 0 Å². The molecule has 5 N–H and O–H groups in total. The molecular weight excluding hydrogens is 490 g/mol. The van der Waals surface area contributed by atoms with Gasteiger partial charge in [-0.15, -0.1) is 0 Å². The highest BCUT2D eigenvalue weighted by molar-refractivity contribution is 5.73. The molecule has 2 aliphatic heterocycles. The van der Waals surface area contributed by atoms with Crippen molar-refractivity contribution in [3.05, 3.63) is 0 Å². The first-order valence-electron chi connectivity index (χ1n) is 12.7. The van der Waals surface area contributed by atoms with Crippen molar-refractivity contribution in [2.24, 2.45) is 0 Å². The molecule has 3 unspecified atom stereocenters. The number of hydrogen-bond acceptors (Lipinski definition) is 10. The number of ether oxygens (including phenoxy) is 1.